The van der Waals surface area contributed by atoms with Crippen LogP contribution in [0.3, 0.4) is 0 Å². The number of anilines is 3. The smallest absolute Gasteiger partial charge is 0.270 e. The molecule has 8 heteroatoms. The van der Waals surface area contributed by atoms with Crippen LogP contribution in [0.15, 0.2) is 64.6 Å². The topological polar surface area (TPSA) is 48.2 Å². The molecule has 3 aromatic rings. The number of para-hydroxylation sites is 1. The minimum atomic E-state index is -2.86. The molecule has 2 aliphatic heterocycles. The lowest BCUT2D eigenvalue weighted by atomic mass is 10.1. The quantitative estimate of drug-likeness (QED) is 0.479. The predicted octanol–water partition coefficient (Wildman–Crippen LogP) is 5.98. The van der Waals surface area contributed by atoms with Gasteiger partial charge in [-0.3, -0.25) is 9.89 Å². The number of fused-ring (bicyclic) bond motifs is 3. The van der Waals surface area contributed by atoms with Crippen LogP contribution in [0, 0.1) is 6.92 Å². The van der Waals surface area contributed by atoms with Gasteiger partial charge in [-0.05, 0) is 38.5 Å². The first-order chi connectivity index (χ1) is 17.0. The SMILES string of the molecule is C/N=C1/c2c(c(C)n(Cc3ccc(C(C)(F)F)cc3)c2Nc2ccccc2)N2CC(C)(C)N=C2N1C. The lowest BCUT2D eigenvalue weighted by molar-refractivity contribution is 0.0174. The monoisotopic (exact) mass is 490 g/mol. The maximum absolute atomic E-state index is 13.8. The molecule has 188 valence electrons. The van der Waals surface area contributed by atoms with Gasteiger partial charge in [0.25, 0.3) is 5.92 Å². The third kappa shape index (κ3) is 4.04. The molecule has 0 aliphatic carbocycles. The highest BCUT2D eigenvalue weighted by molar-refractivity contribution is 6.24. The zero-order valence-electron chi connectivity index (χ0n) is 21.6. The Morgan fingerprint density at radius 3 is 2.36 bits per heavy atom. The van der Waals surface area contributed by atoms with Crippen molar-refractivity contribution in [2.75, 3.05) is 30.9 Å². The molecule has 0 atom stereocenters. The molecule has 0 fully saturated rings. The normalized spacial score (nSPS) is 17.8. The Morgan fingerprint density at radius 2 is 1.75 bits per heavy atom. The number of amidine groups is 1. The molecule has 1 aromatic heterocycles. The number of aliphatic imine (C=N–C) groups is 2. The van der Waals surface area contributed by atoms with Gasteiger partial charge in [0.2, 0.25) is 5.96 Å². The summed E-state index contributed by atoms with van der Waals surface area (Å²) >= 11 is 0. The molecule has 5 rings (SSSR count). The molecule has 0 saturated carbocycles. The van der Waals surface area contributed by atoms with E-state index in [2.05, 4.69) is 45.4 Å². The number of nitrogens with one attached hydrogen (secondary N) is 1. The highest BCUT2D eigenvalue weighted by Gasteiger charge is 2.44. The Kier molecular flexibility index (Phi) is 5.65. The molecule has 0 bridgehead atoms. The second-order valence-electron chi connectivity index (χ2n) is 10.2. The van der Waals surface area contributed by atoms with Gasteiger partial charge >= 0.3 is 0 Å². The van der Waals surface area contributed by atoms with E-state index in [1.165, 1.54) is 12.1 Å². The Labute approximate surface area is 211 Å². The van der Waals surface area contributed by atoms with E-state index in [1.54, 1.807) is 19.2 Å². The van der Waals surface area contributed by atoms with Crippen molar-refractivity contribution in [3.05, 3.63) is 77.0 Å². The molecule has 3 heterocycles. The number of alkyl halides is 2. The molecule has 0 unspecified atom stereocenters. The number of nitrogens with zero attached hydrogens (tertiary/aromatic N) is 5. The first-order valence-corrected chi connectivity index (χ1v) is 12.1. The van der Waals surface area contributed by atoms with Gasteiger partial charge in [0, 0.05) is 44.5 Å². The molecule has 2 aromatic carbocycles. The second kappa shape index (κ2) is 8.47. The van der Waals surface area contributed by atoms with E-state index in [1.807, 2.05) is 37.4 Å². The highest BCUT2D eigenvalue weighted by Crippen LogP contribution is 2.44. The van der Waals surface area contributed by atoms with E-state index < -0.39 is 5.92 Å². The highest BCUT2D eigenvalue weighted by atomic mass is 19.3. The molecule has 2 aliphatic rings. The van der Waals surface area contributed by atoms with Crippen LogP contribution in [-0.2, 0) is 12.5 Å². The zero-order chi connectivity index (χ0) is 25.8. The third-order valence-corrected chi connectivity index (χ3v) is 6.84. The van der Waals surface area contributed by atoms with Gasteiger partial charge < -0.3 is 14.8 Å². The van der Waals surface area contributed by atoms with E-state index in [0.717, 1.165) is 59.3 Å². The van der Waals surface area contributed by atoms with Crippen molar-refractivity contribution in [2.24, 2.45) is 9.98 Å². The van der Waals surface area contributed by atoms with Crippen LogP contribution < -0.4 is 10.2 Å². The van der Waals surface area contributed by atoms with Crippen LogP contribution in [0.5, 0.6) is 0 Å². The average Bonchev–Trinajstić information content (AvgIpc) is 3.29. The number of hydrogen-bond donors (Lipinski definition) is 1. The lowest BCUT2D eigenvalue weighted by Gasteiger charge is -2.35. The van der Waals surface area contributed by atoms with Crippen LogP contribution in [-0.4, -0.2) is 47.4 Å². The van der Waals surface area contributed by atoms with Crippen molar-refractivity contribution >= 4 is 29.0 Å². The van der Waals surface area contributed by atoms with E-state index in [0.29, 0.717) is 6.54 Å². The molecule has 0 radical (unpaired) electrons. The fourth-order valence-corrected chi connectivity index (χ4v) is 5.12. The molecule has 0 saturated heterocycles. The Bertz CT molecular complexity index is 1350. The second-order valence-corrected chi connectivity index (χ2v) is 10.2. The number of guanidine groups is 1. The van der Waals surface area contributed by atoms with Crippen LogP contribution in [0.2, 0.25) is 0 Å². The summed E-state index contributed by atoms with van der Waals surface area (Å²) in [7, 11) is 3.80. The van der Waals surface area contributed by atoms with Gasteiger partial charge in [0.05, 0.1) is 23.3 Å². The summed E-state index contributed by atoms with van der Waals surface area (Å²) in [5, 5.41) is 3.63. The number of rotatable bonds is 5. The van der Waals surface area contributed by atoms with E-state index in [9.17, 15) is 8.78 Å². The van der Waals surface area contributed by atoms with Crippen molar-refractivity contribution < 1.29 is 8.78 Å². The number of halogens is 2. The van der Waals surface area contributed by atoms with Crippen molar-refractivity contribution in [2.45, 2.75) is 45.7 Å². The minimum absolute atomic E-state index is 0.0135. The summed E-state index contributed by atoms with van der Waals surface area (Å²) in [6.45, 7) is 8.57. The van der Waals surface area contributed by atoms with E-state index >= 15 is 0 Å². The summed E-state index contributed by atoms with van der Waals surface area (Å²) in [5.41, 5.74) is 4.83. The Balaban J connectivity index is 1.68. The first-order valence-electron chi connectivity index (χ1n) is 12.1. The Morgan fingerprint density at radius 1 is 1.08 bits per heavy atom. The summed E-state index contributed by atoms with van der Waals surface area (Å²) in [6.07, 6.45) is 0. The van der Waals surface area contributed by atoms with Crippen LogP contribution in [0.25, 0.3) is 0 Å². The van der Waals surface area contributed by atoms with Gasteiger partial charge in [0.1, 0.15) is 11.7 Å². The number of hydrogen-bond acceptors (Lipinski definition) is 4. The largest absolute Gasteiger partial charge is 0.341 e. The fourth-order valence-electron chi connectivity index (χ4n) is 5.12. The van der Waals surface area contributed by atoms with Gasteiger partial charge in [-0.2, -0.15) is 0 Å². The Hall–Kier alpha value is -3.68. The maximum Gasteiger partial charge on any atom is 0.270 e. The van der Waals surface area contributed by atoms with E-state index in [-0.39, 0.29) is 11.1 Å². The maximum atomic E-state index is 13.8. The third-order valence-electron chi connectivity index (χ3n) is 6.84. The van der Waals surface area contributed by atoms with Crippen LogP contribution in [0.4, 0.5) is 26.0 Å². The number of benzene rings is 2. The van der Waals surface area contributed by atoms with Gasteiger partial charge in [0.15, 0.2) is 0 Å². The van der Waals surface area contributed by atoms with Crippen molar-refractivity contribution in [3.63, 3.8) is 0 Å². The molecule has 36 heavy (non-hydrogen) atoms. The predicted molar refractivity (Wildman–Crippen MR) is 143 cm³/mol. The van der Waals surface area contributed by atoms with Gasteiger partial charge in [-0.1, -0.05) is 42.5 Å². The molecular weight excluding hydrogens is 458 g/mol. The summed E-state index contributed by atoms with van der Waals surface area (Å²) < 4.78 is 29.8. The molecule has 0 spiro atoms. The average molecular weight is 491 g/mol. The first kappa shape index (κ1) is 24.0. The summed E-state index contributed by atoms with van der Waals surface area (Å²) in [4.78, 5) is 14.0. The zero-order valence-corrected chi connectivity index (χ0v) is 21.6. The summed E-state index contributed by atoms with van der Waals surface area (Å²) in [5.74, 6) is -0.237. The minimum Gasteiger partial charge on any atom is -0.341 e. The molecule has 6 nitrogen and oxygen atoms in total. The molecular formula is C28H32F2N6. The standard InChI is InChI=1S/C28H32F2N6/c1-18-23-22(24(31-5)34(6)26-33-27(2,3)17-36(23)26)25(32-21-10-8-7-9-11-21)35(18)16-19-12-14-20(15-13-19)28(4,29)30/h7-15,32H,16-17H2,1-6H3/b31-24-. The molecule has 1 N–H and O–H groups in total. The lowest BCUT2D eigenvalue weighted by Crippen LogP contribution is -2.48. The fraction of sp³-hybridized carbons (Fsp3) is 0.357. The van der Waals surface area contributed by atoms with Crippen molar-refractivity contribution in [3.8, 4) is 0 Å². The van der Waals surface area contributed by atoms with Crippen LogP contribution >= 0.6 is 0 Å². The van der Waals surface area contributed by atoms with E-state index in [4.69, 9.17) is 4.99 Å². The molecule has 0 amide bonds. The van der Waals surface area contributed by atoms with Crippen molar-refractivity contribution in [1.29, 1.82) is 0 Å². The van der Waals surface area contributed by atoms with Gasteiger partial charge in [-0.15, -0.1) is 0 Å². The number of aromatic nitrogens is 1. The van der Waals surface area contributed by atoms with Crippen LogP contribution in [0.1, 0.15) is 43.2 Å². The summed E-state index contributed by atoms with van der Waals surface area (Å²) in [6, 6.07) is 16.6. The van der Waals surface area contributed by atoms with Crippen molar-refractivity contribution in [1.82, 2.24) is 9.47 Å². The van der Waals surface area contributed by atoms with Gasteiger partial charge in [-0.25, -0.2) is 13.8 Å².